The fourth-order valence-corrected chi connectivity index (χ4v) is 2.50. The molecule has 0 saturated carbocycles. The van der Waals surface area contributed by atoms with Gasteiger partial charge in [0.25, 0.3) is 0 Å². The van der Waals surface area contributed by atoms with E-state index in [0.29, 0.717) is 16.6 Å². The minimum absolute atomic E-state index is 0.00643. The Morgan fingerprint density at radius 1 is 1.19 bits per heavy atom. The van der Waals surface area contributed by atoms with Gasteiger partial charge < -0.3 is 10.5 Å². The van der Waals surface area contributed by atoms with Gasteiger partial charge in [0.15, 0.2) is 0 Å². The van der Waals surface area contributed by atoms with Crippen LogP contribution in [0.15, 0.2) is 18.2 Å². The summed E-state index contributed by atoms with van der Waals surface area (Å²) in [7, 11) is 0. The van der Waals surface area contributed by atoms with Gasteiger partial charge >= 0.3 is 0 Å². The Morgan fingerprint density at radius 2 is 1.88 bits per heavy atom. The summed E-state index contributed by atoms with van der Waals surface area (Å²) in [6.45, 7) is 2.14. The molecule has 1 heterocycles. The molecule has 0 unspecified atom stereocenters. The molecule has 2 nitrogen and oxygen atoms in total. The molecule has 1 aliphatic rings. The van der Waals surface area contributed by atoms with Gasteiger partial charge in [0.2, 0.25) is 0 Å². The minimum Gasteiger partial charge on any atom is -0.381 e. The fourth-order valence-electron chi connectivity index (χ4n) is 2.20. The SMILES string of the molecule is NCC1(c2ccc(Cl)c(Cl)c2)CCOCC1. The second kappa shape index (κ2) is 4.92. The third kappa shape index (κ3) is 2.21. The lowest BCUT2D eigenvalue weighted by Crippen LogP contribution is -2.40. The minimum atomic E-state index is 0.00643. The predicted molar refractivity (Wildman–Crippen MR) is 67.2 cm³/mol. The fraction of sp³-hybridized carbons (Fsp3) is 0.500. The Balaban J connectivity index is 2.35. The Labute approximate surface area is 106 Å². The number of ether oxygens (including phenoxy) is 1. The molecule has 0 bridgehead atoms. The van der Waals surface area contributed by atoms with Gasteiger partial charge in [0.05, 0.1) is 10.0 Å². The number of benzene rings is 1. The molecule has 2 N–H and O–H groups in total. The molecule has 0 amide bonds. The van der Waals surface area contributed by atoms with Crippen molar-refractivity contribution in [3.63, 3.8) is 0 Å². The van der Waals surface area contributed by atoms with E-state index in [9.17, 15) is 0 Å². The van der Waals surface area contributed by atoms with Gasteiger partial charge in [-0.05, 0) is 30.5 Å². The van der Waals surface area contributed by atoms with Crippen molar-refractivity contribution in [2.24, 2.45) is 5.73 Å². The van der Waals surface area contributed by atoms with E-state index in [0.717, 1.165) is 26.1 Å². The first kappa shape index (κ1) is 12.2. The smallest absolute Gasteiger partial charge is 0.0595 e. The summed E-state index contributed by atoms with van der Waals surface area (Å²) in [4.78, 5) is 0. The van der Waals surface area contributed by atoms with Crippen LogP contribution in [0.2, 0.25) is 10.0 Å². The molecule has 0 atom stereocenters. The first-order valence-corrected chi connectivity index (χ1v) is 6.17. The van der Waals surface area contributed by atoms with Gasteiger partial charge in [-0.15, -0.1) is 0 Å². The standard InChI is InChI=1S/C12H15Cl2NO/c13-10-2-1-9(7-11(10)14)12(8-15)3-5-16-6-4-12/h1-2,7H,3-6,8,15H2. The molecule has 0 aliphatic carbocycles. The molecular weight excluding hydrogens is 245 g/mol. The quantitative estimate of drug-likeness (QED) is 0.887. The Kier molecular flexibility index (Phi) is 3.75. The van der Waals surface area contributed by atoms with E-state index in [1.807, 2.05) is 18.2 Å². The van der Waals surface area contributed by atoms with Gasteiger partial charge in [-0.2, -0.15) is 0 Å². The summed E-state index contributed by atoms with van der Waals surface area (Å²) in [5.74, 6) is 0. The van der Waals surface area contributed by atoms with Crippen LogP contribution in [0.3, 0.4) is 0 Å². The predicted octanol–water partition coefficient (Wildman–Crippen LogP) is 3.00. The average Bonchev–Trinajstić information content (AvgIpc) is 2.33. The molecule has 88 valence electrons. The van der Waals surface area contributed by atoms with Crippen molar-refractivity contribution in [3.8, 4) is 0 Å². The van der Waals surface area contributed by atoms with E-state index in [1.165, 1.54) is 5.56 Å². The van der Waals surface area contributed by atoms with Crippen molar-refractivity contribution in [2.75, 3.05) is 19.8 Å². The Bertz CT molecular complexity index is 375. The van der Waals surface area contributed by atoms with E-state index in [2.05, 4.69) is 0 Å². The number of nitrogens with two attached hydrogens (primary N) is 1. The molecule has 2 rings (SSSR count). The van der Waals surface area contributed by atoms with Crippen LogP contribution in [0.4, 0.5) is 0 Å². The van der Waals surface area contributed by atoms with Gasteiger partial charge in [-0.25, -0.2) is 0 Å². The molecule has 1 saturated heterocycles. The summed E-state index contributed by atoms with van der Waals surface area (Å²) >= 11 is 12.0. The van der Waals surface area contributed by atoms with Crippen LogP contribution in [0, 0.1) is 0 Å². The number of hydrogen-bond donors (Lipinski definition) is 1. The molecule has 1 aliphatic heterocycles. The second-order valence-corrected chi connectivity index (χ2v) is 5.04. The molecule has 0 spiro atoms. The zero-order valence-corrected chi connectivity index (χ0v) is 10.5. The van der Waals surface area contributed by atoms with Crippen molar-refractivity contribution in [1.29, 1.82) is 0 Å². The van der Waals surface area contributed by atoms with Crippen LogP contribution in [0.25, 0.3) is 0 Å². The van der Waals surface area contributed by atoms with Crippen molar-refractivity contribution >= 4 is 23.2 Å². The highest BCUT2D eigenvalue weighted by Gasteiger charge is 2.33. The van der Waals surface area contributed by atoms with Crippen LogP contribution in [-0.4, -0.2) is 19.8 Å². The molecule has 1 fully saturated rings. The van der Waals surface area contributed by atoms with Crippen LogP contribution in [0.1, 0.15) is 18.4 Å². The zero-order valence-electron chi connectivity index (χ0n) is 9.01. The summed E-state index contributed by atoms with van der Waals surface area (Å²) < 4.78 is 5.39. The number of halogens is 2. The normalized spacial score (nSPS) is 19.7. The van der Waals surface area contributed by atoms with Crippen LogP contribution < -0.4 is 5.73 Å². The van der Waals surface area contributed by atoms with Crippen molar-refractivity contribution < 1.29 is 4.74 Å². The Morgan fingerprint density at radius 3 is 2.44 bits per heavy atom. The summed E-state index contributed by atoms with van der Waals surface area (Å²) in [6, 6.07) is 5.79. The van der Waals surface area contributed by atoms with Gasteiger partial charge in [-0.3, -0.25) is 0 Å². The number of hydrogen-bond acceptors (Lipinski definition) is 2. The van der Waals surface area contributed by atoms with Crippen molar-refractivity contribution in [3.05, 3.63) is 33.8 Å². The lowest BCUT2D eigenvalue weighted by Gasteiger charge is -2.36. The van der Waals surface area contributed by atoms with E-state index in [4.69, 9.17) is 33.7 Å². The zero-order chi connectivity index (χ0) is 11.6. The molecule has 4 heteroatoms. The maximum absolute atomic E-state index is 6.05. The maximum Gasteiger partial charge on any atom is 0.0595 e. The summed E-state index contributed by atoms with van der Waals surface area (Å²) in [6.07, 6.45) is 1.89. The highest BCUT2D eigenvalue weighted by molar-refractivity contribution is 6.42. The molecule has 1 aromatic rings. The Hall–Kier alpha value is -0.280. The molecule has 16 heavy (non-hydrogen) atoms. The summed E-state index contributed by atoms with van der Waals surface area (Å²) in [5.41, 5.74) is 7.11. The highest BCUT2D eigenvalue weighted by atomic mass is 35.5. The first-order chi connectivity index (χ1) is 7.68. The molecular formula is C12H15Cl2NO. The highest BCUT2D eigenvalue weighted by Crippen LogP contribution is 2.36. The first-order valence-electron chi connectivity index (χ1n) is 5.41. The third-order valence-electron chi connectivity index (χ3n) is 3.37. The molecule has 1 aromatic carbocycles. The maximum atomic E-state index is 6.05. The van der Waals surface area contributed by atoms with Crippen molar-refractivity contribution in [1.82, 2.24) is 0 Å². The van der Waals surface area contributed by atoms with Gasteiger partial charge in [0, 0.05) is 25.2 Å². The average molecular weight is 260 g/mol. The van der Waals surface area contributed by atoms with Crippen LogP contribution in [-0.2, 0) is 10.2 Å². The van der Waals surface area contributed by atoms with Gasteiger partial charge in [0.1, 0.15) is 0 Å². The van der Waals surface area contributed by atoms with Crippen LogP contribution in [0.5, 0.6) is 0 Å². The van der Waals surface area contributed by atoms with E-state index in [1.54, 1.807) is 0 Å². The number of rotatable bonds is 2. The second-order valence-electron chi connectivity index (χ2n) is 4.23. The lowest BCUT2D eigenvalue weighted by atomic mass is 9.74. The lowest BCUT2D eigenvalue weighted by molar-refractivity contribution is 0.0530. The third-order valence-corrected chi connectivity index (χ3v) is 4.11. The van der Waals surface area contributed by atoms with Crippen molar-refractivity contribution in [2.45, 2.75) is 18.3 Å². The van der Waals surface area contributed by atoms with E-state index < -0.39 is 0 Å². The van der Waals surface area contributed by atoms with Gasteiger partial charge in [-0.1, -0.05) is 29.3 Å². The molecule has 0 aromatic heterocycles. The van der Waals surface area contributed by atoms with E-state index >= 15 is 0 Å². The van der Waals surface area contributed by atoms with Crippen LogP contribution >= 0.6 is 23.2 Å². The molecule has 0 radical (unpaired) electrons. The largest absolute Gasteiger partial charge is 0.381 e. The summed E-state index contributed by atoms with van der Waals surface area (Å²) in [5, 5.41) is 1.18. The topological polar surface area (TPSA) is 35.2 Å². The van der Waals surface area contributed by atoms with E-state index in [-0.39, 0.29) is 5.41 Å². The monoisotopic (exact) mass is 259 g/mol.